The highest BCUT2D eigenvalue weighted by atomic mass is 16.1. The molecule has 0 amide bonds. The van der Waals surface area contributed by atoms with Crippen molar-refractivity contribution in [2.45, 2.75) is 32.1 Å². The fourth-order valence-corrected chi connectivity index (χ4v) is 2.00. The molecule has 0 heterocycles. The summed E-state index contributed by atoms with van der Waals surface area (Å²) in [6.07, 6.45) is 7.30. The van der Waals surface area contributed by atoms with Crippen molar-refractivity contribution in [2.75, 3.05) is 20.1 Å². The van der Waals surface area contributed by atoms with Crippen LogP contribution in [-0.2, 0) is 4.79 Å². The maximum absolute atomic E-state index is 10.1. The van der Waals surface area contributed by atoms with E-state index in [0.717, 1.165) is 18.7 Å². The SMILES string of the molecule is CN(CCC=O)CC1CCCC1. The van der Waals surface area contributed by atoms with Gasteiger partial charge in [0.2, 0.25) is 0 Å². The van der Waals surface area contributed by atoms with E-state index in [-0.39, 0.29) is 0 Å². The Morgan fingerprint density at radius 1 is 1.42 bits per heavy atom. The number of rotatable bonds is 5. The van der Waals surface area contributed by atoms with Gasteiger partial charge in [0.05, 0.1) is 0 Å². The maximum Gasteiger partial charge on any atom is 0.121 e. The zero-order chi connectivity index (χ0) is 8.81. The van der Waals surface area contributed by atoms with E-state index in [1.807, 2.05) is 0 Å². The topological polar surface area (TPSA) is 20.3 Å². The zero-order valence-corrected chi connectivity index (χ0v) is 7.96. The molecule has 1 fully saturated rings. The molecule has 12 heavy (non-hydrogen) atoms. The van der Waals surface area contributed by atoms with E-state index < -0.39 is 0 Å². The minimum Gasteiger partial charge on any atom is -0.306 e. The lowest BCUT2D eigenvalue weighted by Crippen LogP contribution is -2.25. The highest BCUT2D eigenvalue weighted by Gasteiger charge is 2.16. The summed E-state index contributed by atoms with van der Waals surface area (Å²) in [4.78, 5) is 12.4. The summed E-state index contributed by atoms with van der Waals surface area (Å²) in [5.41, 5.74) is 0. The number of hydrogen-bond donors (Lipinski definition) is 0. The molecule has 0 aliphatic heterocycles. The summed E-state index contributed by atoms with van der Waals surface area (Å²) in [5.74, 6) is 0.904. The van der Waals surface area contributed by atoms with E-state index in [1.165, 1.54) is 32.2 Å². The first-order chi connectivity index (χ1) is 5.83. The quantitative estimate of drug-likeness (QED) is 0.584. The lowest BCUT2D eigenvalue weighted by Gasteiger charge is -2.19. The number of hydrogen-bond acceptors (Lipinski definition) is 2. The van der Waals surface area contributed by atoms with E-state index in [1.54, 1.807) is 0 Å². The molecule has 0 radical (unpaired) electrons. The monoisotopic (exact) mass is 169 g/mol. The van der Waals surface area contributed by atoms with Gasteiger partial charge in [-0.15, -0.1) is 0 Å². The van der Waals surface area contributed by atoms with Gasteiger partial charge in [0.25, 0.3) is 0 Å². The molecule has 1 aliphatic carbocycles. The molecular formula is C10H19NO. The molecule has 2 heteroatoms. The van der Waals surface area contributed by atoms with Crippen LogP contribution in [0.3, 0.4) is 0 Å². The van der Waals surface area contributed by atoms with Gasteiger partial charge in [0.15, 0.2) is 0 Å². The Bertz CT molecular complexity index is 130. The van der Waals surface area contributed by atoms with Crippen molar-refractivity contribution < 1.29 is 4.79 Å². The van der Waals surface area contributed by atoms with Gasteiger partial charge < -0.3 is 9.69 Å². The Kier molecular flexibility index (Phi) is 4.30. The molecule has 70 valence electrons. The van der Waals surface area contributed by atoms with Crippen LogP contribution >= 0.6 is 0 Å². The summed E-state index contributed by atoms with van der Waals surface area (Å²) in [7, 11) is 2.11. The fraction of sp³-hybridized carbons (Fsp3) is 0.900. The van der Waals surface area contributed by atoms with Crippen LogP contribution in [0.5, 0.6) is 0 Å². The third kappa shape index (κ3) is 3.35. The van der Waals surface area contributed by atoms with Crippen molar-refractivity contribution in [3.8, 4) is 0 Å². The molecule has 0 aromatic rings. The molecule has 0 aromatic carbocycles. The predicted molar refractivity (Wildman–Crippen MR) is 50.1 cm³/mol. The zero-order valence-electron chi connectivity index (χ0n) is 7.96. The molecular weight excluding hydrogens is 150 g/mol. The Balaban J connectivity index is 2.07. The molecule has 1 rings (SSSR count). The maximum atomic E-state index is 10.1. The fourth-order valence-electron chi connectivity index (χ4n) is 2.00. The van der Waals surface area contributed by atoms with E-state index in [4.69, 9.17) is 0 Å². The van der Waals surface area contributed by atoms with Gasteiger partial charge in [-0.2, -0.15) is 0 Å². The summed E-state index contributed by atoms with van der Waals surface area (Å²) < 4.78 is 0. The van der Waals surface area contributed by atoms with Crippen LogP contribution in [0.2, 0.25) is 0 Å². The Morgan fingerprint density at radius 3 is 2.67 bits per heavy atom. The second-order valence-corrected chi connectivity index (χ2v) is 3.87. The van der Waals surface area contributed by atoms with Crippen LogP contribution in [0.4, 0.5) is 0 Å². The molecule has 0 spiro atoms. The van der Waals surface area contributed by atoms with Gasteiger partial charge in [0.1, 0.15) is 6.29 Å². The van der Waals surface area contributed by atoms with Crippen LogP contribution in [0.1, 0.15) is 32.1 Å². The van der Waals surface area contributed by atoms with Crippen LogP contribution in [0.25, 0.3) is 0 Å². The van der Waals surface area contributed by atoms with Gasteiger partial charge in [-0.25, -0.2) is 0 Å². The highest BCUT2D eigenvalue weighted by Crippen LogP contribution is 2.24. The van der Waals surface area contributed by atoms with Crippen molar-refractivity contribution in [3.63, 3.8) is 0 Å². The van der Waals surface area contributed by atoms with E-state index >= 15 is 0 Å². The Labute approximate surface area is 74.9 Å². The molecule has 0 atom stereocenters. The van der Waals surface area contributed by atoms with Gasteiger partial charge in [0, 0.05) is 19.5 Å². The van der Waals surface area contributed by atoms with Gasteiger partial charge in [-0.3, -0.25) is 0 Å². The van der Waals surface area contributed by atoms with Gasteiger partial charge >= 0.3 is 0 Å². The van der Waals surface area contributed by atoms with Crippen molar-refractivity contribution >= 4 is 6.29 Å². The third-order valence-corrected chi connectivity index (χ3v) is 2.67. The Hall–Kier alpha value is -0.370. The van der Waals surface area contributed by atoms with Crippen molar-refractivity contribution in [1.29, 1.82) is 0 Å². The van der Waals surface area contributed by atoms with E-state index in [2.05, 4.69) is 11.9 Å². The van der Waals surface area contributed by atoms with Crippen LogP contribution in [0.15, 0.2) is 0 Å². The second-order valence-electron chi connectivity index (χ2n) is 3.87. The lowest BCUT2D eigenvalue weighted by atomic mass is 10.1. The third-order valence-electron chi connectivity index (χ3n) is 2.67. The standard InChI is InChI=1S/C10H19NO/c1-11(7-4-8-12)9-10-5-2-3-6-10/h8,10H,2-7,9H2,1H3. The molecule has 1 saturated carbocycles. The van der Waals surface area contributed by atoms with Crippen LogP contribution in [-0.4, -0.2) is 31.3 Å². The first-order valence-electron chi connectivity index (χ1n) is 4.95. The van der Waals surface area contributed by atoms with Crippen LogP contribution < -0.4 is 0 Å². The molecule has 0 bridgehead atoms. The summed E-state index contributed by atoms with van der Waals surface area (Å²) >= 11 is 0. The predicted octanol–water partition coefficient (Wildman–Crippen LogP) is 1.70. The molecule has 0 saturated heterocycles. The molecule has 0 aromatic heterocycles. The highest BCUT2D eigenvalue weighted by molar-refractivity contribution is 5.49. The number of aldehydes is 1. The minimum absolute atomic E-state index is 0.684. The number of carbonyl (C=O) groups is 1. The number of nitrogens with zero attached hydrogens (tertiary/aromatic N) is 1. The first-order valence-corrected chi connectivity index (χ1v) is 4.95. The average molecular weight is 169 g/mol. The van der Waals surface area contributed by atoms with Crippen molar-refractivity contribution in [2.24, 2.45) is 5.92 Å². The average Bonchev–Trinajstić information content (AvgIpc) is 2.53. The molecule has 2 nitrogen and oxygen atoms in total. The summed E-state index contributed by atoms with van der Waals surface area (Å²) in [6, 6.07) is 0. The van der Waals surface area contributed by atoms with Crippen molar-refractivity contribution in [3.05, 3.63) is 0 Å². The van der Waals surface area contributed by atoms with E-state index in [9.17, 15) is 4.79 Å². The van der Waals surface area contributed by atoms with Crippen LogP contribution in [0, 0.1) is 5.92 Å². The molecule has 1 aliphatic rings. The summed E-state index contributed by atoms with van der Waals surface area (Å²) in [5, 5.41) is 0. The second kappa shape index (κ2) is 5.31. The van der Waals surface area contributed by atoms with Gasteiger partial charge in [-0.05, 0) is 25.8 Å². The Morgan fingerprint density at radius 2 is 2.08 bits per heavy atom. The van der Waals surface area contributed by atoms with Gasteiger partial charge in [-0.1, -0.05) is 12.8 Å². The van der Waals surface area contributed by atoms with E-state index in [0.29, 0.717) is 6.42 Å². The molecule has 0 N–H and O–H groups in total. The lowest BCUT2D eigenvalue weighted by molar-refractivity contribution is -0.108. The first kappa shape index (κ1) is 9.72. The minimum atomic E-state index is 0.684. The largest absolute Gasteiger partial charge is 0.306 e. The smallest absolute Gasteiger partial charge is 0.121 e. The molecule has 0 unspecified atom stereocenters. The number of carbonyl (C=O) groups excluding carboxylic acids is 1. The van der Waals surface area contributed by atoms with Crippen molar-refractivity contribution in [1.82, 2.24) is 4.90 Å². The summed E-state index contributed by atoms with van der Waals surface area (Å²) in [6.45, 7) is 2.12. The normalized spacial score (nSPS) is 18.8.